The molecular formula is C19H22N4O2S. The van der Waals surface area contributed by atoms with E-state index in [2.05, 4.69) is 16.9 Å². The lowest BCUT2D eigenvalue weighted by Crippen LogP contribution is -2.35. The van der Waals surface area contributed by atoms with Gasteiger partial charge in [-0.15, -0.1) is 11.3 Å². The van der Waals surface area contributed by atoms with E-state index in [9.17, 15) is 4.79 Å². The van der Waals surface area contributed by atoms with Crippen LogP contribution in [-0.2, 0) is 16.1 Å². The second kappa shape index (κ2) is 6.81. The van der Waals surface area contributed by atoms with Crippen molar-refractivity contribution in [2.24, 2.45) is 5.92 Å². The highest BCUT2D eigenvalue weighted by Gasteiger charge is 2.39. The van der Waals surface area contributed by atoms with Gasteiger partial charge in [-0.05, 0) is 38.5 Å². The van der Waals surface area contributed by atoms with E-state index in [-0.39, 0.29) is 17.9 Å². The Morgan fingerprint density at radius 2 is 2.31 bits per heavy atom. The van der Waals surface area contributed by atoms with Crippen LogP contribution in [0.25, 0.3) is 10.2 Å². The van der Waals surface area contributed by atoms with Crippen molar-refractivity contribution in [1.29, 1.82) is 0 Å². The van der Waals surface area contributed by atoms with Gasteiger partial charge >= 0.3 is 0 Å². The lowest BCUT2D eigenvalue weighted by Gasteiger charge is -2.24. The minimum atomic E-state index is -0.283. The van der Waals surface area contributed by atoms with Crippen LogP contribution >= 0.6 is 11.3 Å². The summed E-state index contributed by atoms with van der Waals surface area (Å²) in [7, 11) is 1.83. The molecule has 7 heteroatoms. The summed E-state index contributed by atoms with van der Waals surface area (Å²) >= 11 is 1.64. The predicted molar refractivity (Wildman–Crippen MR) is 102 cm³/mol. The zero-order chi connectivity index (χ0) is 18.3. The molecule has 1 saturated heterocycles. The molecule has 3 aromatic rings. The number of carbonyl (C=O) groups excluding carboxylic acids is 1. The van der Waals surface area contributed by atoms with Crippen molar-refractivity contribution in [3.8, 4) is 0 Å². The van der Waals surface area contributed by atoms with Gasteiger partial charge in [0.1, 0.15) is 11.9 Å². The number of thiazole rings is 1. The third-order valence-electron chi connectivity index (χ3n) is 4.95. The average Bonchev–Trinajstić information content (AvgIpc) is 3.36. The molecule has 3 heterocycles. The number of nitrogens with zero attached hydrogens (tertiary/aromatic N) is 4. The van der Waals surface area contributed by atoms with Crippen LogP contribution in [0.5, 0.6) is 0 Å². The summed E-state index contributed by atoms with van der Waals surface area (Å²) < 4.78 is 9.04. The quantitative estimate of drug-likeness (QED) is 0.704. The number of hydrogen-bond donors (Lipinski definition) is 0. The zero-order valence-electron chi connectivity index (χ0n) is 15.2. The fraction of sp³-hybridized carbons (Fsp3) is 0.421. The van der Waals surface area contributed by atoms with Crippen molar-refractivity contribution in [3.63, 3.8) is 0 Å². The van der Waals surface area contributed by atoms with Crippen molar-refractivity contribution >= 4 is 33.1 Å². The van der Waals surface area contributed by atoms with Crippen molar-refractivity contribution < 1.29 is 9.53 Å². The number of imidazole rings is 1. The van der Waals surface area contributed by atoms with Crippen LogP contribution in [0.3, 0.4) is 0 Å². The number of aryl methyl sites for hydroxylation is 2. The molecule has 0 saturated carbocycles. The zero-order valence-corrected chi connectivity index (χ0v) is 16.0. The Bertz CT molecular complexity index is 948. The highest BCUT2D eigenvalue weighted by Crippen LogP contribution is 2.36. The molecule has 1 amide bonds. The molecule has 2 aromatic heterocycles. The van der Waals surface area contributed by atoms with E-state index >= 15 is 0 Å². The van der Waals surface area contributed by atoms with Crippen molar-refractivity contribution in [2.45, 2.75) is 32.9 Å². The maximum Gasteiger partial charge on any atom is 0.233 e. The first-order valence-corrected chi connectivity index (χ1v) is 9.67. The van der Waals surface area contributed by atoms with Gasteiger partial charge in [-0.3, -0.25) is 4.79 Å². The van der Waals surface area contributed by atoms with Crippen molar-refractivity contribution in [1.82, 2.24) is 14.5 Å². The van der Waals surface area contributed by atoms with E-state index in [1.807, 2.05) is 42.9 Å². The van der Waals surface area contributed by atoms with Crippen LogP contribution in [0.15, 0.2) is 30.6 Å². The first kappa shape index (κ1) is 17.2. The van der Waals surface area contributed by atoms with Gasteiger partial charge in [0, 0.05) is 38.3 Å². The molecule has 0 unspecified atom stereocenters. The van der Waals surface area contributed by atoms with Crippen LogP contribution in [0.2, 0.25) is 0 Å². The fourth-order valence-corrected chi connectivity index (χ4v) is 4.42. The van der Waals surface area contributed by atoms with E-state index in [1.165, 1.54) is 0 Å². The van der Waals surface area contributed by atoms with E-state index in [1.54, 1.807) is 22.4 Å². The Balaban J connectivity index is 1.60. The molecule has 4 rings (SSSR count). The molecule has 136 valence electrons. The summed E-state index contributed by atoms with van der Waals surface area (Å²) in [6.07, 6.45) is 4.13. The van der Waals surface area contributed by atoms with E-state index in [4.69, 9.17) is 4.74 Å². The molecule has 1 aromatic carbocycles. The summed E-state index contributed by atoms with van der Waals surface area (Å²) in [6, 6.07) is 5.97. The summed E-state index contributed by atoms with van der Waals surface area (Å²) in [6.45, 7) is 5.46. The molecule has 1 fully saturated rings. The minimum Gasteiger partial charge on any atom is -0.369 e. The monoisotopic (exact) mass is 370 g/mol. The summed E-state index contributed by atoms with van der Waals surface area (Å²) in [5.74, 6) is 0.690. The molecule has 0 bridgehead atoms. The maximum atomic E-state index is 13.2. The number of hydrogen-bond acceptors (Lipinski definition) is 5. The number of anilines is 1. The normalized spacial score (nSPS) is 20.0. The number of amides is 1. The molecule has 1 aliphatic heterocycles. The molecular weight excluding hydrogens is 348 g/mol. The minimum absolute atomic E-state index is 0.0683. The Kier molecular flexibility index (Phi) is 4.50. The van der Waals surface area contributed by atoms with Gasteiger partial charge in [-0.25, -0.2) is 9.97 Å². The number of aromatic nitrogens is 3. The number of benzene rings is 1. The highest BCUT2D eigenvalue weighted by molar-refractivity contribution is 7.18. The SMILES string of the molecule is CCn1ccnc1[C@@H]1OCC[C@H]1C(=O)N(C)c1ccc2nc(C)sc2c1. The van der Waals surface area contributed by atoms with E-state index < -0.39 is 0 Å². The van der Waals surface area contributed by atoms with Gasteiger partial charge in [0.25, 0.3) is 0 Å². The molecule has 26 heavy (non-hydrogen) atoms. The van der Waals surface area contributed by atoms with E-state index in [0.29, 0.717) is 13.0 Å². The van der Waals surface area contributed by atoms with Gasteiger partial charge in [0.05, 0.1) is 21.1 Å². The van der Waals surface area contributed by atoms with Crippen LogP contribution in [-0.4, -0.2) is 34.1 Å². The molecule has 0 aliphatic carbocycles. The van der Waals surface area contributed by atoms with Crippen LogP contribution in [0.1, 0.15) is 30.3 Å². The molecule has 2 atom stereocenters. The Hall–Kier alpha value is -2.25. The number of fused-ring (bicyclic) bond motifs is 1. The first-order chi connectivity index (χ1) is 12.6. The summed E-state index contributed by atoms with van der Waals surface area (Å²) in [5, 5.41) is 1.03. The fourth-order valence-electron chi connectivity index (χ4n) is 3.56. The Morgan fingerprint density at radius 1 is 1.46 bits per heavy atom. The van der Waals surface area contributed by atoms with Crippen LogP contribution in [0.4, 0.5) is 5.69 Å². The molecule has 0 radical (unpaired) electrons. The van der Waals surface area contributed by atoms with Crippen molar-refractivity contribution in [3.05, 3.63) is 41.4 Å². The van der Waals surface area contributed by atoms with Crippen molar-refractivity contribution in [2.75, 3.05) is 18.6 Å². The van der Waals surface area contributed by atoms with Crippen LogP contribution in [0, 0.1) is 12.8 Å². The Labute approximate surface area is 156 Å². The van der Waals surface area contributed by atoms with Gasteiger partial charge in [-0.2, -0.15) is 0 Å². The van der Waals surface area contributed by atoms with E-state index in [0.717, 1.165) is 33.3 Å². The van der Waals surface area contributed by atoms with Crippen LogP contribution < -0.4 is 4.90 Å². The topological polar surface area (TPSA) is 60.3 Å². The third-order valence-corrected chi connectivity index (χ3v) is 5.88. The Morgan fingerprint density at radius 3 is 3.12 bits per heavy atom. The lowest BCUT2D eigenvalue weighted by molar-refractivity contribution is -0.124. The molecule has 0 spiro atoms. The van der Waals surface area contributed by atoms with Gasteiger partial charge in [-0.1, -0.05) is 0 Å². The summed E-state index contributed by atoms with van der Waals surface area (Å²) in [5.41, 5.74) is 1.86. The molecule has 6 nitrogen and oxygen atoms in total. The summed E-state index contributed by atoms with van der Waals surface area (Å²) in [4.78, 5) is 23.8. The first-order valence-electron chi connectivity index (χ1n) is 8.86. The second-order valence-corrected chi connectivity index (χ2v) is 7.77. The predicted octanol–water partition coefficient (Wildman–Crippen LogP) is 3.56. The molecule has 1 aliphatic rings. The number of rotatable bonds is 4. The van der Waals surface area contributed by atoms with Gasteiger partial charge < -0.3 is 14.2 Å². The standard InChI is InChI=1S/C19H22N4O2S/c1-4-23-9-8-20-18(23)17-14(7-10-25-17)19(24)22(3)13-5-6-15-16(11-13)26-12(2)21-15/h5-6,8-9,11,14,17H,4,7,10H2,1-3H3/t14-,17-/m1/s1. The lowest BCUT2D eigenvalue weighted by atomic mass is 9.98. The van der Waals surface area contributed by atoms with Gasteiger partial charge in [0.2, 0.25) is 5.91 Å². The highest BCUT2D eigenvalue weighted by atomic mass is 32.1. The second-order valence-electron chi connectivity index (χ2n) is 6.54. The number of carbonyl (C=O) groups is 1. The smallest absolute Gasteiger partial charge is 0.233 e. The van der Waals surface area contributed by atoms with Gasteiger partial charge in [0.15, 0.2) is 0 Å². The third kappa shape index (κ3) is 2.91. The number of ether oxygens (including phenoxy) is 1. The maximum absolute atomic E-state index is 13.2. The largest absolute Gasteiger partial charge is 0.369 e. The average molecular weight is 370 g/mol. The molecule has 0 N–H and O–H groups in total.